The van der Waals surface area contributed by atoms with E-state index >= 15 is 0 Å². The highest BCUT2D eigenvalue weighted by molar-refractivity contribution is 6.31. The van der Waals surface area contributed by atoms with Crippen molar-refractivity contribution < 1.29 is 24.2 Å². The molecule has 1 fully saturated rings. The number of anilines is 1. The average Bonchev–Trinajstić information content (AvgIpc) is 3.28. The number of aliphatic hydroxyl groups is 2. The van der Waals surface area contributed by atoms with E-state index in [9.17, 15) is 19.1 Å². The van der Waals surface area contributed by atoms with Crippen LogP contribution in [0.3, 0.4) is 0 Å². The van der Waals surface area contributed by atoms with Crippen LogP contribution in [0.1, 0.15) is 50.7 Å². The summed E-state index contributed by atoms with van der Waals surface area (Å²) in [6.07, 6.45) is -0.282. The minimum absolute atomic E-state index is 0.106. The third-order valence-corrected chi connectivity index (χ3v) is 7.70. The van der Waals surface area contributed by atoms with Crippen molar-refractivity contribution in [2.75, 3.05) is 18.5 Å². The molecule has 2 aliphatic heterocycles. The smallest absolute Gasteiger partial charge is 0.237 e. The fourth-order valence-corrected chi connectivity index (χ4v) is 6.06. The van der Waals surface area contributed by atoms with Gasteiger partial charge >= 0.3 is 0 Å². The van der Waals surface area contributed by atoms with Gasteiger partial charge in [-0.1, -0.05) is 56.1 Å². The molecule has 0 bridgehead atoms. The number of rotatable bonds is 7. The van der Waals surface area contributed by atoms with Gasteiger partial charge in [-0.15, -0.1) is 0 Å². The molecule has 1 saturated heterocycles. The number of nitrogens with one attached hydrogen (secondary N) is 3. The third-order valence-electron chi connectivity index (χ3n) is 7.18. The summed E-state index contributed by atoms with van der Waals surface area (Å²) in [4.78, 5) is 27.6. The molecule has 10 heteroatoms. The molecule has 0 aliphatic carbocycles. The normalized spacial score (nSPS) is 25.7. The van der Waals surface area contributed by atoms with E-state index in [0.717, 1.165) is 0 Å². The van der Waals surface area contributed by atoms with Crippen LogP contribution < -0.4 is 16.0 Å². The summed E-state index contributed by atoms with van der Waals surface area (Å²) in [5, 5.41) is 28.3. The van der Waals surface area contributed by atoms with Crippen molar-refractivity contribution in [3.8, 4) is 0 Å². The van der Waals surface area contributed by atoms with Crippen LogP contribution in [0.2, 0.25) is 10.0 Å². The number of amides is 2. The highest BCUT2D eigenvalue weighted by Crippen LogP contribution is 2.57. The summed E-state index contributed by atoms with van der Waals surface area (Å²) < 4.78 is 14.9. The second-order valence-electron chi connectivity index (χ2n) is 11.0. The average molecular weight is 552 g/mol. The summed E-state index contributed by atoms with van der Waals surface area (Å²) in [5.41, 5.74) is -0.0573. The summed E-state index contributed by atoms with van der Waals surface area (Å²) in [5.74, 6) is -2.10. The second-order valence-corrected chi connectivity index (χ2v) is 11.9. The Bertz CT molecular complexity index is 1200. The lowest BCUT2D eigenvalue weighted by atomic mass is 9.62. The molecule has 2 heterocycles. The monoisotopic (exact) mass is 551 g/mol. The van der Waals surface area contributed by atoms with Gasteiger partial charge in [0, 0.05) is 29.2 Å². The Kier molecular flexibility index (Phi) is 7.89. The SMILES string of the molecule is CC(C)(C)C[C@H]1N[C@@H](C(=O)NCC[C@H](O)CO)[C@H](c2cccc(Cl)c2)[C@]12C(=O)Nc1cc(Cl)c(F)cc12. The van der Waals surface area contributed by atoms with Gasteiger partial charge in [0.1, 0.15) is 11.2 Å². The number of fused-ring (bicyclic) bond motifs is 2. The third kappa shape index (κ3) is 5.22. The first kappa shape index (κ1) is 27.8. The van der Waals surface area contributed by atoms with Crippen LogP contribution >= 0.6 is 23.2 Å². The molecule has 5 atom stereocenters. The molecule has 2 aromatic carbocycles. The molecule has 37 heavy (non-hydrogen) atoms. The lowest BCUT2D eigenvalue weighted by Crippen LogP contribution is -2.49. The number of hydrogen-bond acceptors (Lipinski definition) is 5. The first-order valence-electron chi connectivity index (χ1n) is 12.3. The van der Waals surface area contributed by atoms with Crippen LogP contribution in [0.25, 0.3) is 0 Å². The van der Waals surface area contributed by atoms with Gasteiger partial charge in [-0.25, -0.2) is 4.39 Å². The van der Waals surface area contributed by atoms with Crippen LogP contribution in [0.15, 0.2) is 36.4 Å². The Hall–Kier alpha value is -2.23. The van der Waals surface area contributed by atoms with Crippen LogP contribution in [0, 0.1) is 11.2 Å². The van der Waals surface area contributed by atoms with Crippen LogP contribution in [0.4, 0.5) is 10.1 Å². The van der Waals surface area contributed by atoms with E-state index in [1.165, 1.54) is 12.1 Å². The van der Waals surface area contributed by atoms with E-state index < -0.39 is 41.9 Å². The van der Waals surface area contributed by atoms with Crippen molar-refractivity contribution in [1.82, 2.24) is 10.6 Å². The molecular weight excluding hydrogens is 520 g/mol. The molecule has 1 spiro atoms. The van der Waals surface area contributed by atoms with Gasteiger partial charge in [0.2, 0.25) is 11.8 Å². The van der Waals surface area contributed by atoms with E-state index in [-0.39, 0.29) is 35.2 Å². The predicted octanol–water partition coefficient (Wildman–Crippen LogP) is 3.74. The molecular formula is C27H32Cl2FN3O4. The maximum atomic E-state index is 14.9. The van der Waals surface area contributed by atoms with Crippen LogP contribution in [-0.4, -0.2) is 53.4 Å². The molecule has 4 rings (SSSR count). The number of hydrogen-bond donors (Lipinski definition) is 5. The van der Waals surface area contributed by atoms with Gasteiger partial charge in [0.25, 0.3) is 0 Å². The van der Waals surface area contributed by atoms with Crippen molar-refractivity contribution in [1.29, 1.82) is 0 Å². The summed E-state index contributed by atoms with van der Waals surface area (Å²) >= 11 is 12.4. The molecule has 2 aliphatic rings. The molecule has 0 saturated carbocycles. The fourth-order valence-electron chi connectivity index (χ4n) is 5.70. The van der Waals surface area contributed by atoms with Gasteiger partial charge < -0.3 is 26.2 Å². The zero-order chi connectivity index (χ0) is 27.1. The van der Waals surface area contributed by atoms with E-state index in [1.54, 1.807) is 18.2 Å². The van der Waals surface area contributed by atoms with Crippen molar-refractivity contribution in [3.05, 3.63) is 63.4 Å². The van der Waals surface area contributed by atoms with Crippen LogP contribution in [0.5, 0.6) is 0 Å². The molecule has 7 nitrogen and oxygen atoms in total. The van der Waals surface area contributed by atoms with Gasteiger partial charge in [-0.05, 0) is 53.6 Å². The second kappa shape index (κ2) is 10.5. The molecule has 0 radical (unpaired) electrons. The number of aliphatic hydroxyl groups excluding tert-OH is 2. The van der Waals surface area contributed by atoms with Gasteiger partial charge in [0.15, 0.2) is 0 Å². The fraction of sp³-hybridized carbons (Fsp3) is 0.481. The van der Waals surface area contributed by atoms with Gasteiger partial charge in [-0.2, -0.15) is 0 Å². The molecule has 0 unspecified atom stereocenters. The van der Waals surface area contributed by atoms with E-state index in [2.05, 4.69) is 16.0 Å². The lowest BCUT2D eigenvalue weighted by Gasteiger charge is -2.37. The van der Waals surface area contributed by atoms with Crippen molar-refractivity contribution in [3.63, 3.8) is 0 Å². The Morgan fingerprint density at radius 2 is 1.97 bits per heavy atom. The number of carbonyl (C=O) groups excluding carboxylic acids is 2. The Morgan fingerprint density at radius 3 is 2.62 bits per heavy atom. The summed E-state index contributed by atoms with van der Waals surface area (Å²) in [7, 11) is 0. The Morgan fingerprint density at radius 1 is 1.24 bits per heavy atom. The molecule has 2 aromatic rings. The van der Waals surface area contributed by atoms with E-state index in [0.29, 0.717) is 28.3 Å². The van der Waals surface area contributed by atoms with Gasteiger partial charge in [0.05, 0.1) is 23.8 Å². The molecule has 5 N–H and O–H groups in total. The number of benzene rings is 2. The lowest BCUT2D eigenvalue weighted by molar-refractivity contribution is -0.124. The minimum Gasteiger partial charge on any atom is -0.394 e. The minimum atomic E-state index is -1.33. The van der Waals surface area contributed by atoms with Crippen LogP contribution in [-0.2, 0) is 15.0 Å². The zero-order valence-electron chi connectivity index (χ0n) is 20.9. The van der Waals surface area contributed by atoms with Gasteiger partial charge in [-0.3, -0.25) is 9.59 Å². The maximum absolute atomic E-state index is 14.9. The summed E-state index contributed by atoms with van der Waals surface area (Å²) in [6, 6.07) is 8.30. The number of carbonyl (C=O) groups is 2. The zero-order valence-corrected chi connectivity index (χ0v) is 22.5. The standard InChI is InChI=1S/C27H32Cl2FN3O4/c1-26(2,3)12-21-27(17-10-19(30)18(29)11-20(17)32-25(27)37)22(14-5-4-6-15(28)9-14)23(33-21)24(36)31-8-7-16(35)13-34/h4-6,9-11,16,21-23,33-35H,7-8,12-13H2,1-3H3,(H,31,36)(H,32,37)/t16-,21+,22-,23+,27+/m0/s1. The molecule has 2 amide bonds. The highest BCUT2D eigenvalue weighted by Gasteiger charge is 2.65. The predicted molar refractivity (Wildman–Crippen MR) is 141 cm³/mol. The summed E-state index contributed by atoms with van der Waals surface area (Å²) in [6.45, 7) is 5.83. The van der Waals surface area contributed by atoms with E-state index in [1.807, 2.05) is 26.8 Å². The van der Waals surface area contributed by atoms with E-state index in [4.69, 9.17) is 28.3 Å². The molecule has 200 valence electrons. The molecule has 0 aromatic heterocycles. The number of halogens is 3. The van der Waals surface area contributed by atoms with Crippen molar-refractivity contribution >= 4 is 40.7 Å². The topological polar surface area (TPSA) is 111 Å². The first-order chi connectivity index (χ1) is 17.4. The maximum Gasteiger partial charge on any atom is 0.237 e. The quantitative estimate of drug-likeness (QED) is 0.360. The highest BCUT2D eigenvalue weighted by atomic mass is 35.5. The first-order valence-corrected chi connectivity index (χ1v) is 13.0. The largest absolute Gasteiger partial charge is 0.394 e. The van der Waals surface area contributed by atoms with Crippen molar-refractivity contribution in [2.24, 2.45) is 5.41 Å². The van der Waals surface area contributed by atoms with Crippen molar-refractivity contribution in [2.45, 2.75) is 63.1 Å². The Labute approximate surface area is 225 Å². The Balaban J connectivity index is 1.89.